The van der Waals surface area contributed by atoms with Crippen LogP contribution >= 0.6 is 0 Å². The van der Waals surface area contributed by atoms with Crippen molar-refractivity contribution >= 4 is 11.6 Å². The molecule has 2 aromatic rings. The van der Waals surface area contributed by atoms with E-state index in [-0.39, 0.29) is 5.91 Å². The number of hydrogen-bond donors (Lipinski definition) is 1. The van der Waals surface area contributed by atoms with E-state index in [0.29, 0.717) is 17.0 Å². The standard InChI is InChI=1S/C14H14N2O2/c1-18-13-9-5-8-12(10-13)16(15)14(17)11-6-3-2-4-7-11/h2-10H,15H2,1H3. The highest BCUT2D eigenvalue weighted by Gasteiger charge is 2.14. The Balaban J connectivity index is 2.25. The molecule has 0 atom stereocenters. The first kappa shape index (κ1) is 12.1. The van der Waals surface area contributed by atoms with Gasteiger partial charge in [0.25, 0.3) is 5.91 Å². The molecule has 2 N–H and O–H groups in total. The van der Waals surface area contributed by atoms with Gasteiger partial charge in [-0.15, -0.1) is 0 Å². The molecule has 0 radical (unpaired) electrons. The first-order valence-corrected chi connectivity index (χ1v) is 5.50. The van der Waals surface area contributed by atoms with E-state index in [1.54, 1.807) is 55.6 Å². The maximum absolute atomic E-state index is 12.1. The Morgan fingerprint density at radius 3 is 2.50 bits per heavy atom. The van der Waals surface area contributed by atoms with Crippen molar-refractivity contribution in [2.24, 2.45) is 5.84 Å². The van der Waals surface area contributed by atoms with E-state index in [9.17, 15) is 4.79 Å². The highest BCUT2D eigenvalue weighted by molar-refractivity contribution is 6.05. The lowest BCUT2D eigenvalue weighted by atomic mass is 10.2. The number of carbonyl (C=O) groups is 1. The molecule has 0 heterocycles. The molecule has 2 rings (SSSR count). The van der Waals surface area contributed by atoms with Gasteiger partial charge in [0, 0.05) is 11.6 Å². The van der Waals surface area contributed by atoms with Gasteiger partial charge in [-0.25, -0.2) is 10.9 Å². The third-order valence-electron chi connectivity index (χ3n) is 2.57. The van der Waals surface area contributed by atoms with Gasteiger partial charge < -0.3 is 4.74 Å². The summed E-state index contributed by atoms with van der Waals surface area (Å²) in [6.07, 6.45) is 0. The summed E-state index contributed by atoms with van der Waals surface area (Å²) in [7, 11) is 1.57. The molecular weight excluding hydrogens is 228 g/mol. The summed E-state index contributed by atoms with van der Waals surface area (Å²) in [6, 6.07) is 15.9. The van der Waals surface area contributed by atoms with Gasteiger partial charge in [0.2, 0.25) is 0 Å². The second kappa shape index (κ2) is 5.33. The molecule has 0 spiro atoms. The number of amides is 1. The minimum Gasteiger partial charge on any atom is -0.497 e. The van der Waals surface area contributed by atoms with Crippen LogP contribution in [0.5, 0.6) is 5.75 Å². The van der Waals surface area contributed by atoms with Gasteiger partial charge in [-0.05, 0) is 24.3 Å². The van der Waals surface area contributed by atoms with Crippen LogP contribution in [0.2, 0.25) is 0 Å². The number of rotatable bonds is 3. The summed E-state index contributed by atoms with van der Waals surface area (Å²) in [5, 5.41) is 1.11. The van der Waals surface area contributed by atoms with Crippen LogP contribution < -0.4 is 15.6 Å². The van der Waals surface area contributed by atoms with Gasteiger partial charge in [0.1, 0.15) is 5.75 Å². The molecule has 0 aliphatic carbocycles. The van der Waals surface area contributed by atoms with E-state index in [0.717, 1.165) is 5.01 Å². The summed E-state index contributed by atoms with van der Waals surface area (Å²) < 4.78 is 5.10. The molecule has 0 aliphatic rings. The smallest absolute Gasteiger partial charge is 0.272 e. The Kier molecular flexibility index (Phi) is 3.60. The fourth-order valence-electron chi connectivity index (χ4n) is 1.60. The van der Waals surface area contributed by atoms with Gasteiger partial charge in [-0.1, -0.05) is 24.3 Å². The van der Waals surface area contributed by atoms with Crippen molar-refractivity contribution in [3.05, 3.63) is 60.2 Å². The van der Waals surface area contributed by atoms with Crippen molar-refractivity contribution < 1.29 is 9.53 Å². The Labute approximate surface area is 106 Å². The van der Waals surface area contributed by atoms with Gasteiger partial charge >= 0.3 is 0 Å². The predicted molar refractivity (Wildman–Crippen MR) is 70.4 cm³/mol. The molecule has 1 amide bonds. The van der Waals surface area contributed by atoms with Gasteiger partial charge in [0.15, 0.2) is 0 Å². The maximum Gasteiger partial charge on any atom is 0.272 e. The minimum atomic E-state index is -0.260. The summed E-state index contributed by atoms with van der Waals surface area (Å²) in [6.45, 7) is 0. The molecule has 0 unspecified atom stereocenters. The Morgan fingerprint density at radius 1 is 1.11 bits per heavy atom. The van der Waals surface area contributed by atoms with Crippen LogP contribution in [-0.2, 0) is 0 Å². The number of ether oxygens (including phenoxy) is 1. The molecule has 0 saturated carbocycles. The average molecular weight is 242 g/mol. The first-order valence-electron chi connectivity index (χ1n) is 5.50. The van der Waals surface area contributed by atoms with E-state index in [4.69, 9.17) is 10.6 Å². The number of benzene rings is 2. The number of anilines is 1. The third-order valence-corrected chi connectivity index (χ3v) is 2.57. The van der Waals surface area contributed by atoms with Gasteiger partial charge in [-0.2, -0.15) is 0 Å². The van der Waals surface area contributed by atoms with E-state index in [1.807, 2.05) is 6.07 Å². The van der Waals surface area contributed by atoms with Crippen molar-refractivity contribution in [3.63, 3.8) is 0 Å². The summed E-state index contributed by atoms with van der Waals surface area (Å²) in [4.78, 5) is 12.1. The summed E-state index contributed by atoms with van der Waals surface area (Å²) in [5.41, 5.74) is 1.13. The van der Waals surface area contributed by atoms with E-state index in [1.165, 1.54) is 0 Å². The number of nitrogens with two attached hydrogens (primary N) is 1. The zero-order valence-electron chi connectivity index (χ0n) is 10.0. The molecular formula is C14H14N2O2. The lowest BCUT2D eigenvalue weighted by Gasteiger charge is -2.17. The average Bonchev–Trinajstić information content (AvgIpc) is 2.46. The SMILES string of the molecule is COc1cccc(N(N)C(=O)c2ccccc2)c1. The molecule has 4 nitrogen and oxygen atoms in total. The highest BCUT2D eigenvalue weighted by atomic mass is 16.5. The van der Waals surface area contributed by atoms with Crippen LogP contribution in [0.15, 0.2) is 54.6 Å². The number of hydrazine groups is 1. The second-order valence-corrected chi connectivity index (χ2v) is 3.74. The van der Waals surface area contributed by atoms with Crippen LogP contribution in [-0.4, -0.2) is 13.0 Å². The lowest BCUT2D eigenvalue weighted by Crippen LogP contribution is -2.37. The molecule has 0 aliphatic heterocycles. The number of nitrogens with zero attached hydrogens (tertiary/aromatic N) is 1. The van der Waals surface area contributed by atoms with Crippen LogP contribution in [0.3, 0.4) is 0 Å². The van der Waals surface area contributed by atoms with Crippen molar-refractivity contribution in [1.29, 1.82) is 0 Å². The first-order chi connectivity index (χ1) is 8.72. The summed E-state index contributed by atoms with van der Waals surface area (Å²) >= 11 is 0. The number of hydrogen-bond acceptors (Lipinski definition) is 3. The normalized spacial score (nSPS) is 9.89. The third kappa shape index (κ3) is 2.49. The van der Waals surface area contributed by atoms with Crippen LogP contribution in [0.25, 0.3) is 0 Å². The van der Waals surface area contributed by atoms with Crippen molar-refractivity contribution in [3.8, 4) is 5.75 Å². The summed E-state index contributed by atoms with van der Waals surface area (Å²) in [5.74, 6) is 6.22. The lowest BCUT2D eigenvalue weighted by molar-refractivity contribution is 0.0987. The molecule has 2 aromatic carbocycles. The van der Waals surface area contributed by atoms with Crippen LogP contribution in [0.1, 0.15) is 10.4 Å². The fourth-order valence-corrected chi connectivity index (χ4v) is 1.60. The van der Waals surface area contributed by atoms with E-state index in [2.05, 4.69) is 0 Å². The zero-order valence-corrected chi connectivity index (χ0v) is 10.0. The molecule has 0 bridgehead atoms. The minimum absolute atomic E-state index is 0.260. The molecule has 0 aromatic heterocycles. The molecule has 4 heteroatoms. The van der Waals surface area contributed by atoms with Gasteiger partial charge in [0.05, 0.1) is 12.8 Å². The Morgan fingerprint density at radius 2 is 1.83 bits per heavy atom. The second-order valence-electron chi connectivity index (χ2n) is 3.74. The van der Waals surface area contributed by atoms with Crippen molar-refractivity contribution in [2.45, 2.75) is 0 Å². The number of methoxy groups -OCH3 is 1. The highest BCUT2D eigenvalue weighted by Crippen LogP contribution is 2.20. The fraction of sp³-hybridized carbons (Fsp3) is 0.0714. The zero-order chi connectivity index (χ0) is 13.0. The molecule has 0 saturated heterocycles. The maximum atomic E-state index is 12.1. The van der Waals surface area contributed by atoms with E-state index >= 15 is 0 Å². The number of carbonyl (C=O) groups excluding carboxylic acids is 1. The predicted octanol–water partition coefficient (Wildman–Crippen LogP) is 2.22. The van der Waals surface area contributed by atoms with Crippen molar-refractivity contribution in [1.82, 2.24) is 0 Å². The van der Waals surface area contributed by atoms with Gasteiger partial charge in [-0.3, -0.25) is 4.79 Å². The molecule has 92 valence electrons. The quantitative estimate of drug-likeness (QED) is 0.510. The molecule has 0 fully saturated rings. The van der Waals surface area contributed by atoms with Crippen molar-refractivity contribution in [2.75, 3.05) is 12.1 Å². The topological polar surface area (TPSA) is 55.6 Å². The van der Waals surface area contributed by atoms with Crippen LogP contribution in [0, 0.1) is 0 Å². The monoisotopic (exact) mass is 242 g/mol. The largest absolute Gasteiger partial charge is 0.497 e. The van der Waals surface area contributed by atoms with Crippen LogP contribution in [0.4, 0.5) is 5.69 Å². The Bertz CT molecular complexity index is 541. The van der Waals surface area contributed by atoms with E-state index < -0.39 is 0 Å². The Hall–Kier alpha value is -2.33. The molecule has 18 heavy (non-hydrogen) atoms.